The number of nitriles is 1. The molecule has 0 aliphatic carbocycles. The summed E-state index contributed by atoms with van der Waals surface area (Å²) in [5, 5.41) is 9.14. The zero-order chi connectivity index (χ0) is 17.4. The molecule has 0 aliphatic rings. The number of hydrogen-bond acceptors (Lipinski definition) is 5. The Labute approximate surface area is 145 Å². The summed E-state index contributed by atoms with van der Waals surface area (Å²) in [6.07, 6.45) is 0. The molecule has 0 atom stereocenters. The van der Waals surface area contributed by atoms with Gasteiger partial charge in [0.25, 0.3) is 0 Å². The molecule has 2 aromatic rings. The predicted molar refractivity (Wildman–Crippen MR) is 89.3 cm³/mol. The molecule has 0 bridgehead atoms. The SMILES string of the molecule is Cc1ccc(Cl)c(OCC(=O)OCCOc2ccc(C#N)cc2)c1. The fourth-order valence-electron chi connectivity index (χ4n) is 1.84. The lowest BCUT2D eigenvalue weighted by molar-refractivity contribution is -0.146. The highest BCUT2D eigenvalue weighted by Crippen LogP contribution is 2.25. The van der Waals surface area contributed by atoms with E-state index in [1.165, 1.54) is 0 Å². The van der Waals surface area contributed by atoms with Gasteiger partial charge in [0.2, 0.25) is 0 Å². The topological polar surface area (TPSA) is 68.6 Å². The monoisotopic (exact) mass is 345 g/mol. The van der Waals surface area contributed by atoms with Crippen LogP contribution in [-0.2, 0) is 9.53 Å². The highest BCUT2D eigenvalue weighted by Gasteiger charge is 2.07. The maximum Gasteiger partial charge on any atom is 0.344 e. The Bertz CT molecular complexity index is 738. The van der Waals surface area contributed by atoms with Crippen LogP contribution in [0.15, 0.2) is 42.5 Å². The van der Waals surface area contributed by atoms with Gasteiger partial charge in [0, 0.05) is 0 Å². The standard InChI is InChI=1S/C18H16ClNO4/c1-13-2-7-16(19)17(10-13)24-12-18(21)23-9-8-22-15-5-3-14(11-20)4-6-15/h2-7,10H,8-9,12H2,1H3. The van der Waals surface area contributed by atoms with E-state index >= 15 is 0 Å². The minimum atomic E-state index is -0.504. The molecule has 2 aromatic carbocycles. The van der Waals surface area contributed by atoms with Gasteiger partial charge in [0.15, 0.2) is 6.61 Å². The van der Waals surface area contributed by atoms with Crippen molar-refractivity contribution < 1.29 is 19.0 Å². The number of esters is 1. The summed E-state index contributed by atoms with van der Waals surface area (Å²) >= 11 is 5.98. The average molecular weight is 346 g/mol. The first-order valence-electron chi connectivity index (χ1n) is 7.26. The lowest BCUT2D eigenvalue weighted by atomic mass is 10.2. The van der Waals surface area contributed by atoms with Crippen LogP contribution in [0.25, 0.3) is 0 Å². The van der Waals surface area contributed by atoms with Crippen molar-refractivity contribution in [3.63, 3.8) is 0 Å². The molecule has 5 nitrogen and oxygen atoms in total. The molecule has 0 unspecified atom stereocenters. The van der Waals surface area contributed by atoms with Crippen molar-refractivity contribution in [2.75, 3.05) is 19.8 Å². The van der Waals surface area contributed by atoms with Gasteiger partial charge in [0.1, 0.15) is 24.7 Å². The molecule has 124 valence electrons. The zero-order valence-electron chi connectivity index (χ0n) is 13.1. The summed E-state index contributed by atoms with van der Waals surface area (Å²) < 4.78 is 15.8. The summed E-state index contributed by atoms with van der Waals surface area (Å²) in [4.78, 5) is 11.6. The van der Waals surface area contributed by atoms with Crippen molar-refractivity contribution in [2.45, 2.75) is 6.92 Å². The number of nitrogens with zero attached hydrogens (tertiary/aromatic N) is 1. The molecule has 0 N–H and O–H groups in total. The lowest BCUT2D eigenvalue weighted by Gasteiger charge is -2.10. The van der Waals surface area contributed by atoms with E-state index in [-0.39, 0.29) is 19.8 Å². The molecule has 0 saturated heterocycles. The van der Waals surface area contributed by atoms with Crippen molar-refractivity contribution in [1.82, 2.24) is 0 Å². The van der Waals surface area contributed by atoms with Gasteiger partial charge < -0.3 is 14.2 Å². The molecule has 0 aliphatic heterocycles. The third-order valence-corrected chi connectivity index (χ3v) is 3.34. The summed E-state index contributed by atoms with van der Waals surface area (Å²) in [6, 6.07) is 14.0. The first kappa shape index (κ1) is 17.6. The maximum absolute atomic E-state index is 11.6. The minimum absolute atomic E-state index is 0.101. The van der Waals surface area contributed by atoms with Gasteiger partial charge in [-0.15, -0.1) is 0 Å². The largest absolute Gasteiger partial charge is 0.490 e. The Morgan fingerprint density at radius 1 is 1.12 bits per heavy atom. The molecule has 6 heteroatoms. The smallest absolute Gasteiger partial charge is 0.344 e. The fourth-order valence-corrected chi connectivity index (χ4v) is 2.01. The van der Waals surface area contributed by atoms with E-state index in [1.54, 1.807) is 36.4 Å². The Balaban J connectivity index is 1.67. The molecule has 0 aromatic heterocycles. The number of rotatable bonds is 7. The second-order valence-electron chi connectivity index (χ2n) is 4.93. The minimum Gasteiger partial charge on any atom is -0.490 e. The number of carbonyl (C=O) groups excluding carboxylic acids is 1. The van der Waals surface area contributed by atoms with E-state index in [2.05, 4.69) is 0 Å². The van der Waals surface area contributed by atoms with Gasteiger partial charge in [-0.05, 0) is 48.9 Å². The summed E-state index contributed by atoms with van der Waals surface area (Å²) in [7, 11) is 0. The number of hydrogen-bond donors (Lipinski definition) is 0. The predicted octanol–water partition coefficient (Wildman–Crippen LogP) is 3.52. The molecule has 0 heterocycles. The molecule has 0 spiro atoms. The van der Waals surface area contributed by atoms with Gasteiger partial charge in [-0.25, -0.2) is 4.79 Å². The van der Waals surface area contributed by atoms with Gasteiger partial charge >= 0.3 is 5.97 Å². The van der Waals surface area contributed by atoms with Crippen molar-refractivity contribution in [2.24, 2.45) is 0 Å². The van der Waals surface area contributed by atoms with Crippen LogP contribution < -0.4 is 9.47 Å². The molecule has 0 amide bonds. The van der Waals surface area contributed by atoms with Crippen LogP contribution in [0.4, 0.5) is 0 Å². The zero-order valence-corrected chi connectivity index (χ0v) is 13.9. The Kier molecular flexibility index (Phi) is 6.47. The third-order valence-electron chi connectivity index (χ3n) is 3.03. The fraction of sp³-hybridized carbons (Fsp3) is 0.222. The van der Waals surface area contributed by atoms with Gasteiger partial charge in [-0.3, -0.25) is 0 Å². The van der Waals surface area contributed by atoms with Crippen molar-refractivity contribution in [1.29, 1.82) is 5.26 Å². The molecule has 24 heavy (non-hydrogen) atoms. The normalized spacial score (nSPS) is 9.88. The molecular formula is C18H16ClNO4. The third kappa shape index (κ3) is 5.49. The number of aryl methyl sites for hydroxylation is 1. The number of benzene rings is 2. The highest BCUT2D eigenvalue weighted by atomic mass is 35.5. The van der Waals surface area contributed by atoms with E-state index in [9.17, 15) is 4.79 Å². The second-order valence-corrected chi connectivity index (χ2v) is 5.33. The quantitative estimate of drug-likeness (QED) is 0.567. The van der Waals surface area contributed by atoms with Crippen LogP contribution in [0, 0.1) is 18.3 Å². The lowest BCUT2D eigenvalue weighted by Crippen LogP contribution is -2.18. The Morgan fingerprint density at radius 3 is 2.58 bits per heavy atom. The van der Waals surface area contributed by atoms with Crippen LogP contribution >= 0.6 is 11.6 Å². The molecule has 2 rings (SSSR count). The highest BCUT2D eigenvalue weighted by molar-refractivity contribution is 6.32. The van der Waals surface area contributed by atoms with Crippen molar-refractivity contribution in [3.05, 3.63) is 58.6 Å². The number of carbonyl (C=O) groups is 1. The number of ether oxygens (including phenoxy) is 3. The molecule has 0 radical (unpaired) electrons. The van der Waals surface area contributed by atoms with Crippen LogP contribution in [0.1, 0.15) is 11.1 Å². The first-order valence-corrected chi connectivity index (χ1v) is 7.64. The van der Waals surface area contributed by atoms with Crippen molar-refractivity contribution >= 4 is 17.6 Å². The molecule has 0 saturated carbocycles. The van der Waals surface area contributed by atoms with E-state index in [4.69, 9.17) is 31.1 Å². The Morgan fingerprint density at radius 2 is 1.88 bits per heavy atom. The summed E-state index contributed by atoms with van der Waals surface area (Å²) in [5.74, 6) is 0.547. The van der Waals surface area contributed by atoms with Crippen LogP contribution in [0.5, 0.6) is 11.5 Å². The number of halogens is 1. The van der Waals surface area contributed by atoms with Crippen LogP contribution in [0.3, 0.4) is 0 Å². The molecular weight excluding hydrogens is 330 g/mol. The van der Waals surface area contributed by atoms with Crippen LogP contribution in [0.2, 0.25) is 5.02 Å². The summed E-state index contributed by atoms with van der Waals surface area (Å²) in [6.45, 7) is 1.99. The van der Waals surface area contributed by atoms with E-state index in [0.717, 1.165) is 5.56 Å². The average Bonchev–Trinajstić information content (AvgIpc) is 2.60. The van der Waals surface area contributed by atoms with E-state index < -0.39 is 5.97 Å². The first-order chi connectivity index (χ1) is 11.6. The van der Waals surface area contributed by atoms with Gasteiger partial charge in [-0.2, -0.15) is 5.26 Å². The van der Waals surface area contributed by atoms with Gasteiger partial charge in [0.05, 0.1) is 16.7 Å². The van der Waals surface area contributed by atoms with Crippen LogP contribution in [-0.4, -0.2) is 25.8 Å². The van der Waals surface area contributed by atoms with E-state index in [0.29, 0.717) is 22.1 Å². The molecule has 0 fully saturated rings. The van der Waals surface area contributed by atoms with Crippen molar-refractivity contribution in [3.8, 4) is 17.6 Å². The second kappa shape index (κ2) is 8.80. The Hall–Kier alpha value is -2.71. The van der Waals surface area contributed by atoms with E-state index in [1.807, 2.05) is 19.1 Å². The maximum atomic E-state index is 11.6. The van der Waals surface area contributed by atoms with Gasteiger partial charge in [-0.1, -0.05) is 17.7 Å². The summed E-state index contributed by atoms with van der Waals surface area (Å²) in [5.41, 5.74) is 1.54.